The van der Waals surface area contributed by atoms with Crippen LogP contribution in [-0.2, 0) is 14.3 Å². The predicted octanol–water partition coefficient (Wildman–Crippen LogP) is 1.67. The number of hydrogen-bond donors (Lipinski definition) is 3. The quantitative estimate of drug-likeness (QED) is 0.638. The second kappa shape index (κ2) is 9.05. The third-order valence-electron chi connectivity index (χ3n) is 3.94. The molecule has 0 amide bonds. The van der Waals surface area contributed by atoms with Gasteiger partial charge in [-0.15, -0.1) is 0 Å². The molecule has 1 unspecified atom stereocenters. The van der Waals surface area contributed by atoms with E-state index in [9.17, 15) is 18.0 Å². The van der Waals surface area contributed by atoms with Crippen LogP contribution in [0.3, 0.4) is 0 Å². The first-order chi connectivity index (χ1) is 13.6. The van der Waals surface area contributed by atoms with Crippen molar-refractivity contribution in [2.75, 3.05) is 31.7 Å². The molecule has 0 aliphatic carbocycles. The van der Waals surface area contributed by atoms with E-state index in [4.69, 9.17) is 24.5 Å². The highest BCUT2D eigenvalue weighted by Crippen LogP contribution is 2.24. The van der Waals surface area contributed by atoms with E-state index in [1.807, 2.05) is 6.92 Å². The van der Waals surface area contributed by atoms with Crippen LogP contribution in [0.15, 0.2) is 18.5 Å². The largest absolute Gasteiger partial charge is 0.490 e. The van der Waals surface area contributed by atoms with Gasteiger partial charge in [0.1, 0.15) is 11.2 Å². The Morgan fingerprint density at radius 1 is 1.41 bits per heavy atom. The topological polar surface area (TPSA) is 135 Å². The van der Waals surface area contributed by atoms with Crippen LogP contribution in [0.25, 0.3) is 5.65 Å². The molecule has 1 aliphatic rings. The summed E-state index contributed by atoms with van der Waals surface area (Å²) in [6.07, 6.45) is -0.959. The normalized spacial score (nSPS) is 18.9. The summed E-state index contributed by atoms with van der Waals surface area (Å²) in [6, 6.07) is 1.44. The number of carbonyl (C=O) groups is 2. The van der Waals surface area contributed by atoms with E-state index in [0.29, 0.717) is 38.0 Å². The molecule has 3 N–H and O–H groups in total. The average molecular weight is 420 g/mol. The summed E-state index contributed by atoms with van der Waals surface area (Å²) in [4.78, 5) is 28.3. The van der Waals surface area contributed by atoms with E-state index in [1.54, 1.807) is 16.8 Å². The number of aromatic carboxylic acids is 1. The Kier molecular flexibility index (Phi) is 6.97. The van der Waals surface area contributed by atoms with Crippen molar-refractivity contribution in [2.24, 2.45) is 0 Å². The maximum absolute atomic E-state index is 11.2. The Hall–Kier alpha value is -2.93. The minimum Gasteiger partial charge on any atom is -0.477 e. The molecule has 3 heterocycles. The van der Waals surface area contributed by atoms with Crippen molar-refractivity contribution in [3.8, 4) is 0 Å². The first-order valence-corrected chi connectivity index (χ1v) is 8.41. The smallest absolute Gasteiger partial charge is 0.477 e. The molecule has 0 radical (unpaired) electrons. The second-order valence-corrected chi connectivity index (χ2v) is 6.00. The molecule has 0 aromatic carbocycles. The van der Waals surface area contributed by atoms with Gasteiger partial charge in [-0.3, -0.25) is 4.40 Å². The molecule has 0 saturated carbocycles. The fraction of sp³-hybridized carbons (Fsp3) is 0.500. The minimum atomic E-state index is -5.08. The van der Waals surface area contributed by atoms with Gasteiger partial charge in [0.2, 0.25) is 5.95 Å². The molecule has 1 fully saturated rings. The number of nitrogens with one attached hydrogen (secondary N) is 1. The third-order valence-corrected chi connectivity index (χ3v) is 3.94. The third kappa shape index (κ3) is 5.77. The summed E-state index contributed by atoms with van der Waals surface area (Å²) >= 11 is 0. The summed E-state index contributed by atoms with van der Waals surface area (Å²) in [6.45, 7) is 4.19. The molecule has 2 aromatic rings. The van der Waals surface area contributed by atoms with Gasteiger partial charge in [0.25, 0.3) is 0 Å². The van der Waals surface area contributed by atoms with Crippen LogP contribution in [-0.4, -0.2) is 74.7 Å². The summed E-state index contributed by atoms with van der Waals surface area (Å²) < 4.78 is 44.7. The van der Waals surface area contributed by atoms with E-state index in [1.165, 1.54) is 6.07 Å². The number of imidazole rings is 1. The van der Waals surface area contributed by atoms with E-state index in [2.05, 4.69) is 15.3 Å². The lowest BCUT2D eigenvalue weighted by atomic mass is 10.0. The van der Waals surface area contributed by atoms with E-state index in [0.717, 1.165) is 6.42 Å². The molecule has 10 nitrogen and oxygen atoms in total. The molecule has 1 aliphatic heterocycles. The van der Waals surface area contributed by atoms with Crippen LogP contribution in [0.1, 0.15) is 23.8 Å². The molecule has 2 aromatic heterocycles. The van der Waals surface area contributed by atoms with Crippen LogP contribution in [0.5, 0.6) is 0 Å². The Morgan fingerprint density at radius 3 is 2.62 bits per heavy atom. The van der Waals surface area contributed by atoms with Crippen molar-refractivity contribution in [3.05, 3.63) is 24.2 Å². The van der Waals surface area contributed by atoms with Gasteiger partial charge in [-0.25, -0.2) is 19.6 Å². The van der Waals surface area contributed by atoms with Crippen LogP contribution in [0.4, 0.5) is 19.1 Å². The van der Waals surface area contributed by atoms with Crippen molar-refractivity contribution in [2.45, 2.75) is 25.1 Å². The number of aliphatic carboxylic acids is 1. The molecule has 0 spiro atoms. The summed E-state index contributed by atoms with van der Waals surface area (Å²) in [5, 5.41) is 19.5. The van der Waals surface area contributed by atoms with Gasteiger partial charge >= 0.3 is 18.1 Å². The number of rotatable bonds is 6. The molecular weight excluding hydrogens is 401 g/mol. The van der Waals surface area contributed by atoms with E-state index >= 15 is 0 Å². The SMILES string of the molecule is CCOC1(CNc2nc(C(=O)O)cc3nccn23)CCOC1.O=C(O)C(F)(F)F. The fourth-order valence-electron chi connectivity index (χ4n) is 2.60. The van der Waals surface area contributed by atoms with E-state index < -0.39 is 23.7 Å². The highest BCUT2D eigenvalue weighted by Gasteiger charge is 2.38. The Bertz CT molecular complexity index is 864. The molecule has 1 atom stereocenters. The van der Waals surface area contributed by atoms with Crippen LogP contribution >= 0.6 is 0 Å². The number of ether oxygens (including phenoxy) is 2. The number of fused-ring (bicyclic) bond motifs is 1. The van der Waals surface area contributed by atoms with Gasteiger partial charge in [-0.1, -0.05) is 0 Å². The molecule has 1 saturated heterocycles. The van der Waals surface area contributed by atoms with Gasteiger partial charge < -0.3 is 25.0 Å². The zero-order valence-corrected chi connectivity index (χ0v) is 15.3. The summed E-state index contributed by atoms with van der Waals surface area (Å²) in [7, 11) is 0. The average Bonchev–Trinajstić information content (AvgIpc) is 3.29. The monoisotopic (exact) mass is 420 g/mol. The maximum Gasteiger partial charge on any atom is 0.490 e. The number of aromatic nitrogens is 3. The highest BCUT2D eigenvalue weighted by atomic mass is 19.4. The lowest BCUT2D eigenvalue weighted by Gasteiger charge is -2.27. The first-order valence-electron chi connectivity index (χ1n) is 8.41. The number of carboxylic acids is 2. The number of alkyl halides is 3. The lowest BCUT2D eigenvalue weighted by molar-refractivity contribution is -0.192. The van der Waals surface area contributed by atoms with Crippen molar-refractivity contribution < 1.29 is 42.4 Å². The van der Waals surface area contributed by atoms with Crippen LogP contribution < -0.4 is 5.32 Å². The number of carboxylic acid groups (broad SMARTS) is 2. The second-order valence-electron chi connectivity index (χ2n) is 6.00. The maximum atomic E-state index is 11.2. The van der Waals surface area contributed by atoms with Crippen molar-refractivity contribution in [3.63, 3.8) is 0 Å². The zero-order valence-electron chi connectivity index (χ0n) is 15.3. The Balaban J connectivity index is 0.000000370. The molecular formula is C16H19F3N4O6. The predicted molar refractivity (Wildman–Crippen MR) is 91.9 cm³/mol. The van der Waals surface area contributed by atoms with Gasteiger partial charge in [0.15, 0.2) is 5.69 Å². The number of hydrogen-bond acceptors (Lipinski definition) is 7. The minimum absolute atomic E-state index is 0.0469. The lowest BCUT2D eigenvalue weighted by Crippen LogP contribution is -2.41. The fourth-order valence-corrected chi connectivity index (χ4v) is 2.60. The van der Waals surface area contributed by atoms with Crippen LogP contribution in [0.2, 0.25) is 0 Å². The Labute approximate surface area is 162 Å². The van der Waals surface area contributed by atoms with Gasteiger partial charge in [0.05, 0.1) is 6.61 Å². The van der Waals surface area contributed by atoms with E-state index in [-0.39, 0.29) is 5.69 Å². The number of anilines is 1. The molecule has 3 rings (SSSR count). The van der Waals surface area contributed by atoms with Gasteiger partial charge in [0, 0.05) is 44.6 Å². The first kappa shape index (κ1) is 22.4. The summed E-state index contributed by atoms with van der Waals surface area (Å²) in [5.74, 6) is -3.41. The van der Waals surface area contributed by atoms with Gasteiger partial charge in [-0.05, 0) is 6.92 Å². The van der Waals surface area contributed by atoms with Gasteiger partial charge in [-0.2, -0.15) is 13.2 Å². The number of nitrogens with zero attached hydrogens (tertiary/aromatic N) is 3. The highest BCUT2D eigenvalue weighted by molar-refractivity contribution is 5.87. The molecule has 29 heavy (non-hydrogen) atoms. The number of halogens is 3. The van der Waals surface area contributed by atoms with Crippen LogP contribution in [0, 0.1) is 0 Å². The Morgan fingerprint density at radius 2 is 2.10 bits per heavy atom. The molecule has 13 heteroatoms. The standard InChI is InChI=1S/C14H18N4O4.C2HF3O2/c1-2-22-14(3-6-21-9-14)8-16-13-17-10(12(19)20)7-11-15-4-5-18(11)13;3-2(4,5)1(6)7/h4-5,7H,2-3,6,8-9H2,1H3,(H,16,17)(H,19,20);(H,6,7). The van der Waals surface area contributed by atoms with Crippen molar-refractivity contribution in [1.82, 2.24) is 14.4 Å². The van der Waals surface area contributed by atoms with Crippen molar-refractivity contribution in [1.29, 1.82) is 0 Å². The summed E-state index contributed by atoms with van der Waals surface area (Å²) in [5.41, 5.74) is 0.0834. The molecule has 0 bridgehead atoms. The zero-order chi connectivity index (χ0) is 21.7. The molecule has 160 valence electrons. The van der Waals surface area contributed by atoms with Crippen molar-refractivity contribution >= 4 is 23.5 Å².